The van der Waals surface area contributed by atoms with E-state index in [1.54, 1.807) is 0 Å². The first-order valence-electron chi connectivity index (χ1n) is 5.27. The van der Waals surface area contributed by atoms with Crippen molar-refractivity contribution in [3.8, 4) is 0 Å². The lowest BCUT2D eigenvalue weighted by Gasteiger charge is -2.34. The SMILES string of the molecule is OCC1C2C=CC(CCC2)C1CO. The van der Waals surface area contributed by atoms with Crippen LogP contribution in [0.1, 0.15) is 19.3 Å². The minimum atomic E-state index is 0.233. The molecule has 0 aliphatic heterocycles. The molecule has 2 heteroatoms. The molecule has 0 aromatic heterocycles. The van der Waals surface area contributed by atoms with Crippen LogP contribution >= 0.6 is 0 Å². The second-order valence-electron chi connectivity index (χ2n) is 4.34. The summed E-state index contributed by atoms with van der Waals surface area (Å²) in [6.07, 6.45) is 8.13. The van der Waals surface area contributed by atoms with Gasteiger partial charge >= 0.3 is 0 Å². The second-order valence-corrected chi connectivity index (χ2v) is 4.34. The minimum absolute atomic E-state index is 0.233. The number of hydrogen-bond acceptors (Lipinski definition) is 2. The van der Waals surface area contributed by atoms with Gasteiger partial charge in [-0.05, 0) is 36.5 Å². The number of allylic oxidation sites excluding steroid dienone is 2. The summed E-state index contributed by atoms with van der Waals surface area (Å²) in [4.78, 5) is 0. The van der Waals surface area contributed by atoms with Crippen molar-refractivity contribution in [2.75, 3.05) is 13.2 Å². The van der Waals surface area contributed by atoms with E-state index in [0.717, 1.165) is 0 Å². The van der Waals surface area contributed by atoms with Crippen molar-refractivity contribution in [2.45, 2.75) is 19.3 Å². The van der Waals surface area contributed by atoms with Crippen LogP contribution in [0.25, 0.3) is 0 Å². The molecule has 2 nitrogen and oxygen atoms in total. The monoisotopic (exact) mass is 182 g/mol. The Morgan fingerprint density at radius 1 is 0.923 bits per heavy atom. The summed E-state index contributed by atoms with van der Waals surface area (Å²) >= 11 is 0. The van der Waals surface area contributed by atoms with Gasteiger partial charge in [0.05, 0.1) is 0 Å². The van der Waals surface area contributed by atoms with E-state index in [0.29, 0.717) is 23.7 Å². The predicted octanol–water partition coefficient (Wildman–Crippen LogP) is 1.19. The highest BCUT2D eigenvalue weighted by molar-refractivity contribution is 5.07. The molecule has 0 spiro atoms. The highest BCUT2D eigenvalue weighted by Crippen LogP contribution is 2.42. The van der Waals surface area contributed by atoms with Gasteiger partial charge in [-0.3, -0.25) is 0 Å². The summed E-state index contributed by atoms with van der Waals surface area (Å²) in [6.45, 7) is 0.466. The molecule has 0 aromatic carbocycles. The highest BCUT2D eigenvalue weighted by Gasteiger charge is 2.37. The van der Waals surface area contributed by atoms with Crippen LogP contribution in [0.3, 0.4) is 0 Å². The van der Waals surface area contributed by atoms with Crippen molar-refractivity contribution < 1.29 is 10.2 Å². The Morgan fingerprint density at radius 3 is 1.77 bits per heavy atom. The maximum Gasteiger partial charge on any atom is 0.0468 e. The zero-order valence-electron chi connectivity index (χ0n) is 7.89. The minimum Gasteiger partial charge on any atom is -0.396 e. The van der Waals surface area contributed by atoms with E-state index < -0.39 is 0 Å². The summed E-state index contributed by atoms with van der Waals surface area (Å²) in [7, 11) is 0. The zero-order valence-corrected chi connectivity index (χ0v) is 7.89. The fourth-order valence-electron chi connectivity index (χ4n) is 2.96. The Labute approximate surface area is 79.3 Å². The van der Waals surface area contributed by atoms with E-state index in [9.17, 15) is 10.2 Å². The number of fused-ring (bicyclic) bond motifs is 3. The summed E-state index contributed by atoms with van der Waals surface area (Å²) in [6, 6.07) is 0. The summed E-state index contributed by atoms with van der Waals surface area (Å²) in [5.41, 5.74) is 0. The zero-order chi connectivity index (χ0) is 9.26. The molecule has 3 rings (SSSR count). The van der Waals surface area contributed by atoms with E-state index in [-0.39, 0.29) is 13.2 Å². The van der Waals surface area contributed by atoms with Gasteiger partial charge in [-0.2, -0.15) is 0 Å². The average Bonchev–Trinajstić information content (AvgIpc) is 2.49. The Kier molecular flexibility index (Phi) is 2.70. The molecule has 0 saturated heterocycles. The van der Waals surface area contributed by atoms with Crippen LogP contribution in [-0.4, -0.2) is 23.4 Å². The largest absolute Gasteiger partial charge is 0.396 e. The maximum absolute atomic E-state index is 9.29. The molecule has 2 N–H and O–H groups in total. The van der Waals surface area contributed by atoms with E-state index in [1.165, 1.54) is 19.3 Å². The molecule has 13 heavy (non-hydrogen) atoms. The average molecular weight is 182 g/mol. The van der Waals surface area contributed by atoms with Gasteiger partial charge in [0, 0.05) is 13.2 Å². The van der Waals surface area contributed by atoms with Gasteiger partial charge in [0.25, 0.3) is 0 Å². The molecule has 3 aliphatic carbocycles. The molecule has 1 saturated carbocycles. The van der Waals surface area contributed by atoms with Crippen molar-refractivity contribution in [3.63, 3.8) is 0 Å². The van der Waals surface area contributed by atoms with Gasteiger partial charge in [0.15, 0.2) is 0 Å². The molecule has 0 heterocycles. The Bertz CT molecular complexity index is 180. The number of aliphatic hydroxyl groups is 2. The second kappa shape index (κ2) is 3.81. The van der Waals surface area contributed by atoms with Crippen LogP contribution < -0.4 is 0 Å². The van der Waals surface area contributed by atoms with Crippen LogP contribution in [0, 0.1) is 23.7 Å². The molecule has 0 amide bonds. The molecule has 0 radical (unpaired) electrons. The number of rotatable bonds is 2. The first kappa shape index (κ1) is 9.22. The van der Waals surface area contributed by atoms with Gasteiger partial charge in [-0.15, -0.1) is 0 Å². The van der Waals surface area contributed by atoms with Crippen LogP contribution in [0.5, 0.6) is 0 Å². The first-order valence-corrected chi connectivity index (χ1v) is 5.27. The van der Waals surface area contributed by atoms with E-state index in [2.05, 4.69) is 12.2 Å². The predicted molar refractivity (Wildman–Crippen MR) is 51.1 cm³/mol. The van der Waals surface area contributed by atoms with E-state index in [4.69, 9.17) is 0 Å². The highest BCUT2D eigenvalue weighted by atomic mass is 16.3. The van der Waals surface area contributed by atoms with Crippen LogP contribution in [0.2, 0.25) is 0 Å². The number of aliphatic hydroxyl groups excluding tert-OH is 2. The van der Waals surface area contributed by atoms with Gasteiger partial charge in [-0.1, -0.05) is 18.6 Å². The molecule has 3 aliphatic rings. The van der Waals surface area contributed by atoms with E-state index in [1.807, 2.05) is 0 Å². The third-order valence-corrected chi connectivity index (χ3v) is 3.75. The Balaban J connectivity index is 2.21. The Morgan fingerprint density at radius 2 is 1.38 bits per heavy atom. The molecule has 4 unspecified atom stereocenters. The molecule has 1 fully saturated rings. The summed E-state index contributed by atoms with van der Waals surface area (Å²) in [5.74, 6) is 1.65. The first-order chi connectivity index (χ1) is 6.36. The lowest BCUT2D eigenvalue weighted by atomic mass is 9.72. The fraction of sp³-hybridized carbons (Fsp3) is 0.818. The Hall–Kier alpha value is -0.340. The summed E-state index contributed by atoms with van der Waals surface area (Å²) in [5, 5.41) is 18.6. The van der Waals surface area contributed by atoms with Gasteiger partial charge in [-0.25, -0.2) is 0 Å². The van der Waals surface area contributed by atoms with Crippen molar-refractivity contribution in [1.82, 2.24) is 0 Å². The number of hydrogen-bond donors (Lipinski definition) is 2. The molecular weight excluding hydrogens is 164 g/mol. The molecule has 74 valence electrons. The fourth-order valence-corrected chi connectivity index (χ4v) is 2.96. The molecule has 0 aromatic rings. The standard InChI is InChI=1S/C11H18O2/c12-6-10-8-2-1-3-9(5-4-8)11(10)7-13/h4-5,8-13H,1-3,6-7H2. The van der Waals surface area contributed by atoms with Crippen LogP contribution in [-0.2, 0) is 0 Å². The van der Waals surface area contributed by atoms with Crippen LogP contribution in [0.15, 0.2) is 12.2 Å². The third-order valence-electron chi connectivity index (χ3n) is 3.75. The third kappa shape index (κ3) is 1.53. The quantitative estimate of drug-likeness (QED) is 0.630. The lowest BCUT2D eigenvalue weighted by molar-refractivity contribution is 0.0694. The van der Waals surface area contributed by atoms with Gasteiger partial charge in [0.1, 0.15) is 0 Å². The van der Waals surface area contributed by atoms with Crippen molar-refractivity contribution >= 4 is 0 Å². The molecule has 2 bridgehead atoms. The molecular formula is C11H18O2. The summed E-state index contributed by atoms with van der Waals surface area (Å²) < 4.78 is 0. The maximum atomic E-state index is 9.29. The van der Waals surface area contributed by atoms with Crippen molar-refractivity contribution in [3.05, 3.63) is 12.2 Å². The smallest absolute Gasteiger partial charge is 0.0468 e. The van der Waals surface area contributed by atoms with Gasteiger partial charge in [0.2, 0.25) is 0 Å². The van der Waals surface area contributed by atoms with Crippen molar-refractivity contribution in [1.29, 1.82) is 0 Å². The van der Waals surface area contributed by atoms with Crippen molar-refractivity contribution in [2.24, 2.45) is 23.7 Å². The normalized spacial score (nSPS) is 43.5. The van der Waals surface area contributed by atoms with E-state index >= 15 is 0 Å². The molecule has 4 atom stereocenters. The topological polar surface area (TPSA) is 40.5 Å². The lowest BCUT2D eigenvalue weighted by Crippen LogP contribution is -2.34. The van der Waals surface area contributed by atoms with Crippen LogP contribution in [0.4, 0.5) is 0 Å². The van der Waals surface area contributed by atoms with Gasteiger partial charge < -0.3 is 10.2 Å².